The fourth-order valence-electron chi connectivity index (χ4n) is 3.73. The molecule has 8 heteroatoms. The largest absolute Gasteiger partial charge is 0.494 e. The lowest BCUT2D eigenvalue weighted by Crippen LogP contribution is -2.31. The van der Waals surface area contributed by atoms with Gasteiger partial charge in [0.25, 0.3) is 5.91 Å². The van der Waals surface area contributed by atoms with Crippen LogP contribution in [0.5, 0.6) is 11.5 Å². The highest BCUT2D eigenvalue weighted by molar-refractivity contribution is 6.06. The number of hydrogen-bond acceptors (Lipinski definition) is 6. The maximum atomic E-state index is 13.5. The molecule has 2 aromatic carbocycles. The number of ether oxygens (including phenoxy) is 2. The summed E-state index contributed by atoms with van der Waals surface area (Å²) < 4.78 is 13.2. The number of carbonyl (C=O) groups excluding carboxylic acids is 1. The number of amides is 1. The van der Waals surface area contributed by atoms with Gasteiger partial charge in [0.1, 0.15) is 23.9 Å². The number of carbonyl (C=O) groups is 1. The summed E-state index contributed by atoms with van der Waals surface area (Å²) in [6.07, 6.45) is 2.39. The van der Waals surface area contributed by atoms with E-state index in [0.29, 0.717) is 41.9 Å². The Morgan fingerprint density at radius 1 is 1.16 bits per heavy atom. The van der Waals surface area contributed by atoms with Crippen molar-refractivity contribution in [1.82, 2.24) is 14.8 Å². The lowest BCUT2D eigenvalue weighted by Gasteiger charge is -2.29. The molecule has 1 amide bonds. The van der Waals surface area contributed by atoms with Gasteiger partial charge in [-0.1, -0.05) is 31.2 Å². The van der Waals surface area contributed by atoms with Crippen molar-refractivity contribution in [3.8, 4) is 11.5 Å². The number of allylic oxidation sites excluding steroid dienone is 1. The second-order valence-electron chi connectivity index (χ2n) is 7.40. The first-order valence-electron chi connectivity index (χ1n) is 10.8. The summed E-state index contributed by atoms with van der Waals surface area (Å²) in [5, 5.41) is 10.6. The van der Waals surface area contributed by atoms with E-state index in [9.17, 15) is 4.79 Å². The Hall–Kier alpha value is -3.81. The molecule has 4 rings (SSSR count). The molecule has 1 aromatic heterocycles. The zero-order valence-corrected chi connectivity index (χ0v) is 18.5. The Balaban J connectivity index is 1.72. The maximum absolute atomic E-state index is 13.5. The Morgan fingerprint density at radius 2 is 2.00 bits per heavy atom. The van der Waals surface area contributed by atoms with Gasteiger partial charge in [0.15, 0.2) is 0 Å². The molecule has 1 unspecified atom stereocenters. The van der Waals surface area contributed by atoms with E-state index in [-0.39, 0.29) is 5.91 Å². The highest BCUT2D eigenvalue weighted by atomic mass is 16.5. The van der Waals surface area contributed by atoms with Crippen LogP contribution >= 0.6 is 0 Å². The van der Waals surface area contributed by atoms with Crippen LogP contribution in [0.4, 0.5) is 11.6 Å². The fraction of sp³-hybridized carbons (Fsp3) is 0.292. The van der Waals surface area contributed by atoms with E-state index in [1.54, 1.807) is 4.68 Å². The summed E-state index contributed by atoms with van der Waals surface area (Å²) >= 11 is 0. The van der Waals surface area contributed by atoms with Crippen molar-refractivity contribution in [2.24, 2.45) is 0 Å². The quantitative estimate of drug-likeness (QED) is 0.547. The molecule has 1 atom stereocenters. The minimum atomic E-state index is -0.460. The number of para-hydroxylation sites is 2. The second kappa shape index (κ2) is 9.55. The summed E-state index contributed by atoms with van der Waals surface area (Å²) in [4.78, 5) is 17.8. The van der Waals surface area contributed by atoms with E-state index < -0.39 is 6.04 Å². The standard InChI is InChI=1S/C24H27N5O3/c1-4-13-32-18-10-8-9-17(14-18)22-21(16(3)27-24-25-15-26-29(22)24)23(30)28-19-11-6-7-12-20(19)31-5-2/h6-12,14-15,22H,4-5,13H2,1-3H3,(H,28,30)(H,25,26,27). The van der Waals surface area contributed by atoms with Gasteiger partial charge in [-0.2, -0.15) is 10.1 Å². The van der Waals surface area contributed by atoms with Gasteiger partial charge in [-0.15, -0.1) is 0 Å². The van der Waals surface area contributed by atoms with Crippen molar-refractivity contribution in [3.05, 3.63) is 71.7 Å². The average Bonchev–Trinajstić information content (AvgIpc) is 3.26. The Labute approximate surface area is 187 Å². The van der Waals surface area contributed by atoms with Crippen LogP contribution in [0.25, 0.3) is 0 Å². The van der Waals surface area contributed by atoms with Crippen molar-refractivity contribution in [2.45, 2.75) is 33.2 Å². The monoisotopic (exact) mass is 433 g/mol. The SMILES string of the molecule is CCCOc1cccc(C2C(C(=O)Nc3ccccc3OCC)=C(C)Nc3ncnn32)c1. The summed E-state index contributed by atoms with van der Waals surface area (Å²) in [6.45, 7) is 6.97. The minimum absolute atomic E-state index is 0.242. The van der Waals surface area contributed by atoms with Crippen molar-refractivity contribution in [1.29, 1.82) is 0 Å². The first-order valence-corrected chi connectivity index (χ1v) is 10.8. The molecule has 1 aliphatic heterocycles. The molecule has 0 saturated carbocycles. The predicted molar refractivity (Wildman–Crippen MR) is 123 cm³/mol. The first kappa shape index (κ1) is 21.4. The molecule has 0 bridgehead atoms. The molecule has 32 heavy (non-hydrogen) atoms. The van der Waals surface area contributed by atoms with E-state index in [1.165, 1.54) is 6.33 Å². The number of nitrogens with one attached hydrogen (secondary N) is 2. The topological polar surface area (TPSA) is 90.3 Å². The van der Waals surface area contributed by atoms with E-state index >= 15 is 0 Å². The zero-order chi connectivity index (χ0) is 22.5. The van der Waals surface area contributed by atoms with E-state index in [2.05, 4.69) is 27.6 Å². The van der Waals surface area contributed by atoms with Gasteiger partial charge in [0.05, 0.1) is 24.5 Å². The van der Waals surface area contributed by atoms with Crippen molar-refractivity contribution < 1.29 is 14.3 Å². The third kappa shape index (κ3) is 4.30. The lowest BCUT2D eigenvalue weighted by molar-refractivity contribution is -0.113. The molecule has 0 fully saturated rings. The third-order valence-corrected chi connectivity index (χ3v) is 5.12. The second-order valence-corrected chi connectivity index (χ2v) is 7.40. The summed E-state index contributed by atoms with van der Waals surface area (Å²) in [6, 6.07) is 14.7. The van der Waals surface area contributed by atoms with Crippen LogP contribution < -0.4 is 20.1 Å². The molecule has 166 valence electrons. The van der Waals surface area contributed by atoms with Gasteiger partial charge < -0.3 is 20.1 Å². The molecule has 1 aliphatic rings. The molecule has 2 N–H and O–H groups in total. The highest BCUT2D eigenvalue weighted by Crippen LogP contribution is 2.37. The van der Waals surface area contributed by atoms with Gasteiger partial charge in [-0.25, -0.2) is 4.68 Å². The number of nitrogens with zero attached hydrogens (tertiary/aromatic N) is 3. The number of fused-ring (bicyclic) bond motifs is 1. The Morgan fingerprint density at radius 3 is 2.81 bits per heavy atom. The molecule has 0 saturated heterocycles. The van der Waals surface area contributed by atoms with Crippen LogP contribution in [0.3, 0.4) is 0 Å². The third-order valence-electron chi connectivity index (χ3n) is 5.12. The van der Waals surface area contributed by atoms with Crippen LogP contribution in [0, 0.1) is 0 Å². The number of aromatic nitrogens is 3. The maximum Gasteiger partial charge on any atom is 0.255 e. The van der Waals surface area contributed by atoms with Gasteiger partial charge in [-0.3, -0.25) is 4.79 Å². The summed E-state index contributed by atoms with van der Waals surface area (Å²) in [7, 11) is 0. The number of anilines is 2. The Bertz CT molecular complexity index is 1140. The van der Waals surface area contributed by atoms with Gasteiger partial charge >= 0.3 is 0 Å². The van der Waals surface area contributed by atoms with Crippen LogP contribution in [-0.2, 0) is 4.79 Å². The summed E-state index contributed by atoms with van der Waals surface area (Å²) in [5.74, 6) is 1.72. The molecule has 0 spiro atoms. The van der Waals surface area contributed by atoms with Gasteiger partial charge in [0.2, 0.25) is 5.95 Å². The van der Waals surface area contributed by atoms with Gasteiger partial charge in [-0.05, 0) is 50.1 Å². The summed E-state index contributed by atoms with van der Waals surface area (Å²) in [5.41, 5.74) is 2.75. The van der Waals surface area contributed by atoms with Crippen molar-refractivity contribution in [3.63, 3.8) is 0 Å². The van der Waals surface area contributed by atoms with Crippen molar-refractivity contribution >= 4 is 17.5 Å². The minimum Gasteiger partial charge on any atom is -0.494 e. The zero-order valence-electron chi connectivity index (χ0n) is 18.5. The molecule has 0 radical (unpaired) electrons. The molecule has 8 nitrogen and oxygen atoms in total. The smallest absolute Gasteiger partial charge is 0.255 e. The first-order chi connectivity index (χ1) is 15.6. The van der Waals surface area contributed by atoms with E-state index in [1.807, 2.05) is 62.4 Å². The fourth-order valence-corrected chi connectivity index (χ4v) is 3.73. The van der Waals surface area contributed by atoms with Crippen LogP contribution in [0.1, 0.15) is 38.8 Å². The number of hydrogen-bond donors (Lipinski definition) is 2. The van der Waals surface area contributed by atoms with E-state index in [0.717, 1.165) is 17.7 Å². The van der Waals surface area contributed by atoms with Crippen LogP contribution in [0.2, 0.25) is 0 Å². The average molecular weight is 434 g/mol. The molecule has 0 aliphatic carbocycles. The highest BCUT2D eigenvalue weighted by Gasteiger charge is 2.33. The van der Waals surface area contributed by atoms with Crippen molar-refractivity contribution in [2.75, 3.05) is 23.8 Å². The Kier molecular flexibility index (Phi) is 6.39. The molecule has 2 heterocycles. The number of benzene rings is 2. The molecular weight excluding hydrogens is 406 g/mol. The number of rotatable bonds is 8. The predicted octanol–water partition coefficient (Wildman–Crippen LogP) is 4.39. The van der Waals surface area contributed by atoms with Crippen LogP contribution in [-0.4, -0.2) is 33.9 Å². The van der Waals surface area contributed by atoms with Crippen LogP contribution in [0.15, 0.2) is 66.1 Å². The molecular formula is C24H27N5O3. The lowest BCUT2D eigenvalue weighted by atomic mass is 9.94. The van der Waals surface area contributed by atoms with E-state index in [4.69, 9.17) is 9.47 Å². The normalized spacial score (nSPS) is 15.0. The molecule has 3 aromatic rings. The van der Waals surface area contributed by atoms with Gasteiger partial charge in [0, 0.05) is 5.70 Å².